The Morgan fingerprint density at radius 3 is 2.65 bits per heavy atom. The first-order valence-corrected chi connectivity index (χ1v) is 8.93. The molecule has 0 saturated heterocycles. The van der Waals surface area contributed by atoms with Gasteiger partial charge < -0.3 is 10.2 Å². The van der Waals surface area contributed by atoms with Crippen molar-refractivity contribution < 1.29 is 0 Å². The fraction of sp³-hybridized carbons (Fsp3) is 0.444. The summed E-state index contributed by atoms with van der Waals surface area (Å²) in [5.74, 6) is 0.943. The van der Waals surface area contributed by atoms with E-state index in [9.17, 15) is 0 Å². The number of aryl methyl sites for hydroxylation is 2. The van der Waals surface area contributed by atoms with Crippen molar-refractivity contribution in [3.8, 4) is 0 Å². The molecule has 0 spiro atoms. The van der Waals surface area contributed by atoms with Gasteiger partial charge in [-0.05, 0) is 31.7 Å². The minimum Gasteiger partial charge on any atom is -0.356 e. The number of nitrogens with one attached hydrogen (secondary N) is 1. The number of aromatic nitrogens is 1. The van der Waals surface area contributed by atoms with E-state index in [1.165, 1.54) is 10.6 Å². The largest absolute Gasteiger partial charge is 0.356 e. The van der Waals surface area contributed by atoms with Gasteiger partial charge in [0.25, 0.3) is 0 Å². The Morgan fingerprint density at radius 1 is 1.22 bits per heavy atom. The van der Waals surface area contributed by atoms with Gasteiger partial charge in [0.15, 0.2) is 5.96 Å². The molecule has 0 amide bonds. The number of hydrogen-bond donors (Lipinski definition) is 1. The highest BCUT2D eigenvalue weighted by Gasteiger charge is 2.02. The average Bonchev–Trinajstić information content (AvgIpc) is 2.96. The molecule has 2 aromatic rings. The molecule has 5 heteroatoms. The minimum atomic E-state index is 0.708. The number of guanidine groups is 1. The zero-order valence-corrected chi connectivity index (χ0v) is 15.1. The molecule has 0 aliphatic rings. The molecule has 0 unspecified atom stereocenters. The lowest BCUT2D eigenvalue weighted by atomic mass is 10.2. The van der Waals surface area contributed by atoms with E-state index in [-0.39, 0.29) is 0 Å². The second-order valence-electron chi connectivity index (χ2n) is 5.79. The van der Waals surface area contributed by atoms with Crippen LogP contribution in [0.25, 0.3) is 0 Å². The van der Waals surface area contributed by atoms with Crippen molar-refractivity contribution in [1.29, 1.82) is 0 Å². The fourth-order valence-corrected chi connectivity index (χ4v) is 3.04. The highest BCUT2D eigenvalue weighted by atomic mass is 32.1. The highest BCUT2D eigenvalue weighted by molar-refractivity contribution is 7.09. The van der Waals surface area contributed by atoms with Crippen LogP contribution in [0, 0.1) is 6.92 Å². The Bertz CT molecular complexity index is 604. The standard InChI is InChI=1S/C18H26N4S/c1-15-14-23-17(21-15)11-7-8-12-19-18(22(2)3)20-13-16-9-5-4-6-10-16/h4-6,9-10,14H,7-8,11-13H2,1-3H3,(H,19,20). The van der Waals surface area contributed by atoms with Gasteiger partial charge in [0, 0.05) is 31.7 Å². The van der Waals surface area contributed by atoms with Crippen molar-refractivity contribution >= 4 is 17.3 Å². The molecule has 0 saturated carbocycles. The Morgan fingerprint density at radius 2 is 2.00 bits per heavy atom. The first-order valence-electron chi connectivity index (χ1n) is 8.05. The first-order chi connectivity index (χ1) is 11.1. The van der Waals surface area contributed by atoms with Gasteiger partial charge in [-0.1, -0.05) is 30.3 Å². The number of nitrogens with zero attached hydrogens (tertiary/aromatic N) is 3. The van der Waals surface area contributed by atoms with Crippen LogP contribution >= 0.6 is 11.3 Å². The zero-order chi connectivity index (χ0) is 16.5. The average molecular weight is 331 g/mol. The molecule has 0 aliphatic carbocycles. The molecule has 0 aliphatic heterocycles. The first kappa shape index (κ1) is 17.5. The molecule has 1 heterocycles. The maximum Gasteiger partial charge on any atom is 0.193 e. The van der Waals surface area contributed by atoms with E-state index < -0.39 is 0 Å². The number of hydrogen-bond acceptors (Lipinski definition) is 3. The van der Waals surface area contributed by atoms with Gasteiger partial charge in [-0.3, -0.25) is 0 Å². The molecule has 124 valence electrons. The number of aliphatic imine (C=N–C) groups is 1. The lowest BCUT2D eigenvalue weighted by Gasteiger charge is -2.17. The third-order valence-corrected chi connectivity index (χ3v) is 4.47. The third-order valence-electron chi connectivity index (χ3n) is 3.44. The molecule has 23 heavy (non-hydrogen) atoms. The Kier molecular flexibility index (Phi) is 7.07. The van der Waals surface area contributed by atoms with Crippen LogP contribution in [0.15, 0.2) is 40.7 Å². The number of rotatable bonds is 7. The van der Waals surface area contributed by atoms with Crippen molar-refractivity contribution in [2.75, 3.05) is 20.6 Å². The predicted molar refractivity (Wildman–Crippen MR) is 99.1 cm³/mol. The molecular formula is C18H26N4S. The second-order valence-corrected chi connectivity index (χ2v) is 6.73. The van der Waals surface area contributed by atoms with E-state index in [1.807, 2.05) is 44.1 Å². The van der Waals surface area contributed by atoms with Crippen LogP contribution in [0.3, 0.4) is 0 Å². The van der Waals surface area contributed by atoms with Crippen molar-refractivity contribution in [2.24, 2.45) is 4.99 Å². The number of unbranched alkanes of at least 4 members (excludes halogenated alkanes) is 1. The Hall–Kier alpha value is -1.88. The van der Waals surface area contributed by atoms with E-state index in [0.29, 0.717) is 6.54 Å². The lowest BCUT2D eigenvalue weighted by molar-refractivity contribution is 0.570. The maximum absolute atomic E-state index is 4.67. The molecule has 4 nitrogen and oxygen atoms in total. The summed E-state index contributed by atoms with van der Waals surface area (Å²) in [6, 6.07) is 10.3. The molecule has 0 atom stereocenters. The number of benzene rings is 1. The summed E-state index contributed by atoms with van der Waals surface area (Å²) in [5.41, 5.74) is 2.36. The van der Waals surface area contributed by atoms with Gasteiger partial charge in [-0.15, -0.1) is 11.3 Å². The molecule has 0 bridgehead atoms. The monoisotopic (exact) mass is 330 g/mol. The Labute approximate surface area is 143 Å². The molecular weight excluding hydrogens is 304 g/mol. The van der Waals surface area contributed by atoms with E-state index in [2.05, 4.69) is 32.8 Å². The summed E-state index contributed by atoms with van der Waals surface area (Å²) in [6.45, 7) is 3.70. The second kappa shape index (κ2) is 9.30. The summed E-state index contributed by atoms with van der Waals surface area (Å²) < 4.78 is 0. The van der Waals surface area contributed by atoms with Gasteiger partial charge in [-0.25, -0.2) is 9.98 Å². The van der Waals surface area contributed by atoms with Crippen LogP contribution in [-0.2, 0) is 13.0 Å². The van der Waals surface area contributed by atoms with Crippen LogP contribution in [0.2, 0.25) is 0 Å². The Balaban J connectivity index is 1.72. The van der Waals surface area contributed by atoms with Crippen LogP contribution in [0.1, 0.15) is 29.1 Å². The normalized spacial score (nSPS) is 11.5. The van der Waals surface area contributed by atoms with Crippen molar-refractivity contribution in [2.45, 2.75) is 32.7 Å². The van der Waals surface area contributed by atoms with Gasteiger partial charge in [0.1, 0.15) is 0 Å². The minimum absolute atomic E-state index is 0.708. The lowest BCUT2D eigenvalue weighted by Crippen LogP contribution is -2.37. The number of thiazole rings is 1. The van der Waals surface area contributed by atoms with Crippen molar-refractivity contribution in [1.82, 2.24) is 15.2 Å². The van der Waals surface area contributed by atoms with Gasteiger partial charge >= 0.3 is 0 Å². The predicted octanol–water partition coefficient (Wildman–Crippen LogP) is 3.48. The molecule has 2 rings (SSSR count). The van der Waals surface area contributed by atoms with Crippen LogP contribution in [0.4, 0.5) is 0 Å². The van der Waals surface area contributed by atoms with E-state index in [0.717, 1.165) is 37.5 Å². The summed E-state index contributed by atoms with van der Waals surface area (Å²) in [6.07, 6.45) is 3.34. The van der Waals surface area contributed by atoms with E-state index in [1.54, 1.807) is 11.3 Å². The molecule has 0 fully saturated rings. The summed E-state index contributed by atoms with van der Waals surface area (Å²) in [4.78, 5) is 11.2. The van der Waals surface area contributed by atoms with Crippen molar-refractivity contribution in [3.63, 3.8) is 0 Å². The highest BCUT2D eigenvalue weighted by Crippen LogP contribution is 2.11. The molecule has 1 aromatic carbocycles. The summed E-state index contributed by atoms with van der Waals surface area (Å²) in [7, 11) is 4.05. The zero-order valence-electron chi connectivity index (χ0n) is 14.2. The van der Waals surface area contributed by atoms with E-state index >= 15 is 0 Å². The van der Waals surface area contributed by atoms with Gasteiger partial charge in [-0.2, -0.15) is 0 Å². The molecule has 1 aromatic heterocycles. The quantitative estimate of drug-likeness (QED) is 0.480. The van der Waals surface area contributed by atoms with Crippen LogP contribution in [-0.4, -0.2) is 36.5 Å². The van der Waals surface area contributed by atoms with Crippen molar-refractivity contribution in [3.05, 3.63) is 52.0 Å². The molecule has 1 N–H and O–H groups in total. The third kappa shape index (κ3) is 6.40. The maximum atomic E-state index is 4.67. The summed E-state index contributed by atoms with van der Waals surface area (Å²) in [5, 5.41) is 6.80. The topological polar surface area (TPSA) is 40.5 Å². The smallest absolute Gasteiger partial charge is 0.193 e. The SMILES string of the molecule is Cc1csc(CCCCNC(=NCc2ccccc2)N(C)C)n1. The van der Waals surface area contributed by atoms with E-state index in [4.69, 9.17) is 0 Å². The van der Waals surface area contributed by atoms with Gasteiger partial charge in [0.2, 0.25) is 0 Å². The summed E-state index contributed by atoms with van der Waals surface area (Å²) >= 11 is 1.76. The molecule has 0 radical (unpaired) electrons. The van der Waals surface area contributed by atoms with Gasteiger partial charge in [0.05, 0.1) is 11.6 Å². The van der Waals surface area contributed by atoms with Crippen LogP contribution < -0.4 is 5.32 Å². The van der Waals surface area contributed by atoms with Crippen LogP contribution in [0.5, 0.6) is 0 Å². The fourth-order valence-electron chi connectivity index (χ4n) is 2.22.